The van der Waals surface area contributed by atoms with Gasteiger partial charge in [0, 0.05) is 5.92 Å². The highest BCUT2D eigenvalue weighted by Crippen LogP contribution is 2.75. The van der Waals surface area contributed by atoms with Crippen LogP contribution in [0.4, 0.5) is 0 Å². The second-order valence-corrected chi connectivity index (χ2v) is 15.1. The summed E-state index contributed by atoms with van der Waals surface area (Å²) in [7, 11) is 1.50. The van der Waals surface area contributed by atoms with E-state index in [2.05, 4.69) is 54.5 Å². The molecule has 5 rings (SSSR count). The summed E-state index contributed by atoms with van der Waals surface area (Å²) < 4.78 is 5.25. The maximum absolute atomic E-state index is 14.3. The van der Waals surface area contributed by atoms with Crippen LogP contribution in [-0.2, 0) is 14.3 Å². The molecule has 0 saturated heterocycles. The minimum absolute atomic E-state index is 0.00536. The zero-order chi connectivity index (χ0) is 25.8. The Hall–Kier alpha value is -1.16. The van der Waals surface area contributed by atoms with Crippen LogP contribution in [0.25, 0.3) is 0 Å². The van der Waals surface area contributed by atoms with Crippen LogP contribution < -0.4 is 0 Å². The van der Waals surface area contributed by atoms with Crippen LogP contribution in [0.15, 0.2) is 11.6 Å². The molecule has 1 unspecified atom stereocenters. The van der Waals surface area contributed by atoms with Gasteiger partial charge in [-0.25, -0.2) is 0 Å². The van der Waals surface area contributed by atoms with E-state index in [1.807, 2.05) is 0 Å². The fourth-order valence-electron chi connectivity index (χ4n) is 10.6. The van der Waals surface area contributed by atoms with Gasteiger partial charge < -0.3 is 9.84 Å². The van der Waals surface area contributed by atoms with Gasteiger partial charge in [-0.2, -0.15) is 0 Å². The summed E-state index contributed by atoms with van der Waals surface area (Å²) in [5.41, 5.74) is 0.590. The molecule has 0 radical (unpaired) electrons. The van der Waals surface area contributed by atoms with E-state index >= 15 is 0 Å². The highest BCUT2D eigenvalue weighted by atomic mass is 16.5. The first-order valence-corrected chi connectivity index (χ1v) is 14.1. The van der Waals surface area contributed by atoms with Gasteiger partial charge in [0.2, 0.25) is 0 Å². The summed E-state index contributed by atoms with van der Waals surface area (Å²) >= 11 is 0. The number of carbonyl (C=O) groups is 2. The molecule has 4 nitrogen and oxygen atoms in total. The smallest absolute Gasteiger partial charge is 0.311 e. The molecule has 0 aromatic heterocycles. The van der Waals surface area contributed by atoms with E-state index in [9.17, 15) is 14.7 Å². The zero-order valence-corrected chi connectivity index (χ0v) is 23.4. The number of hydrogen-bond acceptors (Lipinski definition) is 4. The number of methoxy groups -OCH3 is 1. The minimum atomic E-state index is -0.480. The van der Waals surface area contributed by atoms with Gasteiger partial charge in [0.1, 0.15) is 0 Å². The summed E-state index contributed by atoms with van der Waals surface area (Å²) in [4.78, 5) is 27.1. The molecule has 0 bridgehead atoms. The van der Waals surface area contributed by atoms with Crippen molar-refractivity contribution in [1.29, 1.82) is 0 Å². The molecular weight excluding hydrogens is 436 g/mol. The van der Waals surface area contributed by atoms with Crippen LogP contribution >= 0.6 is 0 Å². The van der Waals surface area contributed by atoms with Crippen molar-refractivity contribution in [3.8, 4) is 0 Å². The molecule has 4 saturated carbocycles. The van der Waals surface area contributed by atoms with Gasteiger partial charge in [0.05, 0.1) is 18.6 Å². The molecule has 0 aromatic carbocycles. The molecule has 35 heavy (non-hydrogen) atoms. The van der Waals surface area contributed by atoms with Crippen LogP contribution in [-0.4, -0.2) is 30.1 Å². The third-order valence-electron chi connectivity index (χ3n) is 13.2. The molecule has 0 spiro atoms. The Bertz CT molecular complexity index is 980. The Balaban J connectivity index is 1.61. The highest BCUT2D eigenvalue weighted by molar-refractivity contribution is 5.95. The van der Waals surface area contributed by atoms with Crippen molar-refractivity contribution in [2.75, 3.05) is 7.11 Å². The molecule has 5 aliphatic carbocycles. The monoisotopic (exact) mass is 484 g/mol. The zero-order valence-electron chi connectivity index (χ0n) is 23.4. The molecule has 1 N–H and O–H groups in total. The number of carbonyl (C=O) groups excluding carboxylic acids is 2. The van der Waals surface area contributed by atoms with Crippen molar-refractivity contribution in [3.63, 3.8) is 0 Å². The molecule has 196 valence electrons. The lowest BCUT2D eigenvalue weighted by Crippen LogP contribution is -2.66. The molecule has 4 heteroatoms. The third kappa shape index (κ3) is 3.07. The molecule has 0 aliphatic heterocycles. The Kier molecular flexibility index (Phi) is 5.43. The summed E-state index contributed by atoms with van der Waals surface area (Å²) in [5, 5.41) is 10.9. The molecule has 5 aliphatic rings. The van der Waals surface area contributed by atoms with E-state index in [4.69, 9.17) is 4.74 Å². The van der Waals surface area contributed by atoms with E-state index < -0.39 is 5.41 Å². The van der Waals surface area contributed by atoms with E-state index in [0.717, 1.165) is 57.8 Å². The second-order valence-electron chi connectivity index (χ2n) is 15.1. The summed E-state index contributed by atoms with van der Waals surface area (Å²) in [6, 6.07) is 0. The van der Waals surface area contributed by atoms with Gasteiger partial charge in [-0.15, -0.1) is 0 Å². The summed E-state index contributed by atoms with van der Waals surface area (Å²) in [5.74, 6) is 0.805. The summed E-state index contributed by atoms with van der Waals surface area (Å²) in [6.07, 6.45) is 10.5. The first kappa shape index (κ1) is 25.5. The van der Waals surface area contributed by atoms with Gasteiger partial charge in [-0.3, -0.25) is 9.59 Å². The predicted octanol–water partition coefficient (Wildman–Crippen LogP) is 6.50. The van der Waals surface area contributed by atoms with Crippen LogP contribution in [0.1, 0.15) is 106 Å². The van der Waals surface area contributed by atoms with E-state index in [1.54, 1.807) is 0 Å². The number of allylic oxidation sites excluding steroid dienone is 2. The second kappa shape index (κ2) is 7.45. The predicted molar refractivity (Wildman–Crippen MR) is 137 cm³/mol. The largest absolute Gasteiger partial charge is 0.469 e. The van der Waals surface area contributed by atoms with Crippen molar-refractivity contribution in [2.45, 2.75) is 112 Å². The lowest BCUT2D eigenvalue weighted by Gasteiger charge is -2.70. The van der Waals surface area contributed by atoms with Crippen molar-refractivity contribution in [2.24, 2.45) is 50.2 Å². The first-order valence-electron chi connectivity index (χ1n) is 14.1. The first-order chi connectivity index (χ1) is 16.1. The van der Waals surface area contributed by atoms with Crippen molar-refractivity contribution in [3.05, 3.63) is 11.6 Å². The molecule has 0 amide bonds. The standard InChI is InChI=1S/C31H48O4/c1-26(2)22-9-12-31(7)24(29(22,5)11-10-23(26)33)21(32)17-19-20-18-28(4,25(34)35-8)14-13-27(20,3)15-16-30(19,31)6/h17,20,22-24,33H,9-16,18H2,1-8H3/t20-,22-,23-,24+,27+,28-,29?,30+,31+/m0/s1. The Morgan fingerprint density at radius 2 is 1.60 bits per heavy atom. The lowest BCUT2D eigenvalue weighted by molar-refractivity contribution is -0.202. The van der Waals surface area contributed by atoms with Crippen molar-refractivity contribution in [1.82, 2.24) is 0 Å². The fourth-order valence-corrected chi connectivity index (χ4v) is 10.6. The SMILES string of the molecule is COC(=O)[C@@]1(C)CC[C@]2(C)CC[C@]3(C)C(=CC(=O)[C@@H]4C5(C)CC[C@H](O)C(C)(C)[C@@H]5CC[C@]43C)[C@@H]2C1. The lowest BCUT2D eigenvalue weighted by atomic mass is 9.33. The number of aliphatic hydroxyl groups is 1. The van der Waals surface area contributed by atoms with Gasteiger partial charge in [0.25, 0.3) is 0 Å². The number of fused-ring (bicyclic) bond motifs is 7. The van der Waals surface area contributed by atoms with Crippen LogP contribution in [0.2, 0.25) is 0 Å². The third-order valence-corrected chi connectivity index (χ3v) is 13.2. The topological polar surface area (TPSA) is 63.6 Å². The van der Waals surface area contributed by atoms with E-state index in [-0.39, 0.29) is 51.0 Å². The quantitative estimate of drug-likeness (QED) is 0.431. The molecular formula is C31H48O4. The average molecular weight is 485 g/mol. The van der Waals surface area contributed by atoms with Crippen LogP contribution in [0.3, 0.4) is 0 Å². The number of aliphatic hydroxyl groups excluding tert-OH is 1. The van der Waals surface area contributed by atoms with Crippen LogP contribution in [0.5, 0.6) is 0 Å². The normalized spacial score (nSPS) is 52.8. The molecule has 9 atom stereocenters. The number of esters is 1. The van der Waals surface area contributed by atoms with Crippen LogP contribution in [0, 0.1) is 50.2 Å². The van der Waals surface area contributed by atoms with Crippen molar-refractivity contribution < 1.29 is 19.4 Å². The number of hydrogen-bond donors (Lipinski definition) is 1. The highest BCUT2D eigenvalue weighted by Gasteiger charge is 2.70. The van der Waals surface area contributed by atoms with E-state index in [1.165, 1.54) is 12.7 Å². The van der Waals surface area contributed by atoms with Crippen molar-refractivity contribution >= 4 is 11.8 Å². The number of ketones is 1. The molecule has 0 heterocycles. The Morgan fingerprint density at radius 3 is 2.26 bits per heavy atom. The van der Waals surface area contributed by atoms with Gasteiger partial charge in [-0.05, 0) is 110 Å². The van der Waals surface area contributed by atoms with E-state index in [0.29, 0.717) is 11.7 Å². The maximum Gasteiger partial charge on any atom is 0.311 e. The average Bonchev–Trinajstić information content (AvgIpc) is 2.78. The Morgan fingerprint density at radius 1 is 0.943 bits per heavy atom. The molecule has 4 fully saturated rings. The maximum atomic E-state index is 14.3. The fraction of sp³-hybridized carbons (Fsp3) is 0.871. The van der Waals surface area contributed by atoms with Gasteiger partial charge in [-0.1, -0.05) is 47.1 Å². The molecule has 0 aromatic rings. The van der Waals surface area contributed by atoms with Gasteiger partial charge >= 0.3 is 5.97 Å². The summed E-state index contributed by atoms with van der Waals surface area (Å²) in [6.45, 7) is 16.2. The Labute approximate surface area is 212 Å². The number of rotatable bonds is 1. The minimum Gasteiger partial charge on any atom is -0.469 e. The van der Waals surface area contributed by atoms with Gasteiger partial charge in [0.15, 0.2) is 5.78 Å². The number of ether oxygens (including phenoxy) is 1.